The fourth-order valence-electron chi connectivity index (χ4n) is 3.32. The minimum Gasteiger partial charge on any atom is -0.326 e. The number of para-hydroxylation sites is 1. The Morgan fingerprint density at radius 1 is 1.12 bits per heavy atom. The second kappa shape index (κ2) is 3.93. The van der Waals surface area contributed by atoms with Crippen LogP contribution < -0.4 is 5.32 Å². The van der Waals surface area contributed by atoms with Crippen LogP contribution in [0.4, 0.5) is 5.69 Å². The highest BCUT2D eigenvalue weighted by molar-refractivity contribution is 5.93. The zero-order chi connectivity index (χ0) is 11.0. The van der Waals surface area contributed by atoms with Gasteiger partial charge < -0.3 is 5.32 Å². The number of nitrogens with one attached hydrogen (secondary N) is 1. The van der Waals surface area contributed by atoms with Gasteiger partial charge in [0.25, 0.3) is 0 Å². The van der Waals surface area contributed by atoms with E-state index in [2.05, 4.69) is 5.32 Å². The van der Waals surface area contributed by atoms with Crippen LogP contribution in [0.15, 0.2) is 30.3 Å². The van der Waals surface area contributed by atoms with E-state index in [1.807, 2.05) is 30.3 Å². The summed E-state index contributed by atoms with van der Waals surface area (Å²) in [5, 5.41) is 3.03. The lowest BCUT2D eigenvalue weighted by Crippen LogP contribution is -2.27. The molecule has 0 aliphatic heterocycles. The number of benzene rings is 1. The van der Waals surface area contributed by atoms with Crippen LogP contribution in [0.1, 0.15) is 25.7 Å². The van der Waals surface area contributed by atoms with Crippen LogP contribution in [0.2, 0.25) is 0 Å². The Morgan fingerprint density at radius 3 is 2.56 bits per heavy atom. The highest BCUT2D eigenvalue weighted by Gasteiger charge is 2.42. The lowest BCUT2D eigenvalue weighted by molar-refractivity contribution is -0.121. The van der Waals surface area contributed by atoms with Gasteiger partial charge in [0, 0.05) is 11.6 Å². The Labute approximate surface area is 96.1 Å². The van der Waals surface area contributed by atoms with Crippen LogP contribution in [0.3, 0.4) is 0 Å². The number of rotatable bonds is 2. The maximum Gasteiger partial charge on any atom is 0.227 e. The fourth-order valence-corrected chi connectivity index (χ4v) is 3.32. The largest absolute Gasteiger partial charge is 0.326 e. The molecule has 0 aromatic heterocycles. The van der Waals surface area contributed by atoms with Gasteiger partial charge in [-0.25, -0.2) is 0 Å². The van der Waals surface area contributed by atoms with Crippen LogP contribution in [0, 0.1) is 17.8 Å². The fraction of sp³-hybridized carbons (Fsp3) is 0.500. The Balaban J connectivity index is 1.66. The van der Waals surface area contributed by atoms with Crippen molar-refractivity contribution in [1.29, 1.82) is 0 Å². The second-order valence-electron chi connectivity index (χ2n) is 5.14. The first-order valence-electron chi connectivity index (χ1n) is 6.19. The number of hydrogen-bond acceptors (Lipinski definition) is 1. The van der Waals surface area contributed by atoms with Crippen LogP contribution in [0.25, 0.3) is 0 Å². The summed E-state index contributed by atoms with van der Waals surface area (Å²) in [7, 11) is 0. The van der Waals surface area contributed by atoms with Crippen LogP contribution in [-0.2, 0) is 4.79 Å². The van der Waals surface area contributed by atoms with Gasteiger partial charge in [0.2, 0.25) is 5.91 Å². The molecule has 2 aliphatic carbocycles. The molecule has 2 aliphatic rings. The van der Waals surface area contributed by atoms with E-state index < -0.39 is 0 Å². The maximum atomic E-state index is 12.1. The number of carbonyl (C=O) groups excluding carboxylic acids is 1. The van der Waals surface area contributed by atoms with E-state index in [0.29, 0.717) is 5.92 Å². The summed E-state index contributed by atoms with van der Waals surface area (Å²) in [5.74, 6) is 2.00. The van der Waals surface area contributed by atoms with Gasteiger partial charge in [-0.15, -0.1) is 0 Å². The van der Waals surface area contributed by atoms with E-state index in [0.717, 1.165) is 18.0 Å². The second-order valence-corrected chi connectivity index (χ2v) is 5.14. The van der Waals surface area contributed by atoms with E-state index in [-0.39, 0.29) is 11.8 Å². The SMILES string of the molecule is O=C(Nc1ccccc1)[C@@H]1C[C@H]2CC[C@@H]1C2. The van der Waals surface area contributed by atoms with E-state index in [1.165, 1.54) is 19.3 Å². The highest BCUT2D eigenvalue weighted by atomic mass is 16.1. The Morgan fingerprint density at radius 2 is 1.94 bits per heavy atom. The van der Waals surface area contributed by atoms with Crippen molar-refractivity contribution in [3.63, 3.8) is 0 Å². The molecule has 3 atom stereocenters. The number of carbonyl (C=O) groups is 1. The molecule has 2 saturated carbocycles. The van der Waals surface area contributed by atoms with E-state index in [9.17, 15) is 4.79 Å². The molecule has 16 heavy (non-hydrogen) atoms. The van der Waals surface area contributed by atoms with Gasteiger partial charge in [-0.05, 0) is 43.2 Å². The number of amides is 1. The normalized spacial score (nSPS) is 31.6. The Hall–Kier alpha value is -1.31. The minimum atomic E-state index is 0.235. The first-order valence-corrected chi connectivity index (χ1v) is 6.19. The van der Waals surface area contributed by atoms with Gasteiger partial charge in [-0.3, -0.25) is 4.79 Å². The third-order valence-electron chi connectivity index (χ3n) is 4.12. The summed E-state index contributed by atoms with van der Waals surface area (Å²) in [4.78, 5) is 12.1. The molecule has 0 heterocycles. The third-order valence-corrected chi connectivity index (χ3v) is 4.12. The van der Waals surface area contributed by atoms with Gasteiger partial charge in [-0.1, -0.05) is 24.6 Å². The van der Waals surface area contributed by atoms with Gasteiger partial charge in [0.1, 0.15) is 0 Å². The van der Waals surface area contributed by atoms with Crippen LogP contribution >= 0.6 is 0 Å². The molecular formula is C14H17NO. The average Bonchev–Trinajstić information content (AvgIpc) is 2.92. The van der Waals surface area contributed by atoms with Crippen LogP contribution in [0.5, 0.6) is 0 Å². The van der Waals surface area contributed by atoms with Crippen molar-refractivity contribution in [2.75, 3.05) is 5.32 Å². The van der Waals surface area contributed by atoms with Crippen molar-refractivity contribution in [3.8, 4) is 0 Å². The first-order chi connectivity index (χ1) is 7.83. The summed E-state index contributed by atoms with van der Waals surface area (Å²) in [5.41, 5.74) is 0.926. The van der Waals surface area contributed by atoms with Gasteiger partial charge in [0.05, 0.1) is 0 Å². The molecule has 1 amide bonds. The third kappa shape index (κ3) is 1.73. The minimum absolute atomic E-state index is 0.235. The van der Waals surface area contributed by atoms with Gasteiger partial charge >= 0.3 is 0 Å². The molecule has 1 N–H and O–H groups in total. The lowest BCUT2D eigenvalue weighted by atomic mass is 9.88. The monoisotopic (exact) mass is 215 g/mol. The average molecular weight is 215 g/mol. The zero-order valence-electron chi connectivity index (χ0n) is 9.36. The predicted octanol–water partition coefficient (Wildman–Crippen LogP) is 3.06. The molecule has 1 aromatic rings. The molecule has 1 aromatic carbocycles. The molecule has 0 saturated heterocycles. The molecular weight excluding hydrogens is 198 g/mol. The summed E-state index contributed by atoms with van der Waals surface area (Å²) in [6, 6.07) is 9.77. The van der Waals surface area contributed by atoms with Crippen molar-refractivity contribution >= 4 is 11.6 Å². The molecule has 0 radical (unpaired) electrons. The Kier molecular flexibility index (Phi) is 2.43. The van der Waals surface area contributed by atoms with Crippen molar-refractivity contribution < 1.29 is 4.79 Å². The highest BCUT2D eigenvalue weighted by Crippen LogP contribution is 2.48. The molecule has 84 valence electrons. The quantitative estimate of drug-likeness (QED) is 0.807. The van der Waals surface area contributed by atoms with Crippen LogP contribution in [-0.4, -0.2) is 5.91 Å². The van der Waals surface area contributed by atoms with Crippen molar-refractivity contribution in [3.05, 3.63) is 30.3 Å². The van der Waals surface area contributed by atoms with Gasteiger partial charge in [-0.2, -0.15) is 0 Å². The Bertz CT molecular complexity index is 387. The predicted molar refractivity (Wildman–Crippen MR) is 64.0 cm³/mol. The van der Waals surface area contributed by atoms with E-state index >= 15 is 0 Å². The molecule has 2 heteroatoms. The summed E-state index contributed by atoms with van der Waals surface area (Å²) in [6.07, 6.45) is 5.01. The molecule has 3 rings (SSSR count). The molecule has 2 bridgehead atoms. The van der Waals surface area contributed by atoms with E-state index in [4.69, 9.17) is 0 Å². The summed E-state index contributed by atoms with van der Waals surface area (Å²) < 4.78 is 0. The summed E-state index contributed by atoms with van der Waals surface area (Å²) in [6.45, 7) is 0. The van der Waals surface area contributed by atoms with Gasteiger partial charge in [0.15, 0.2) is 0 Å². The smallest absolute Gasteiger partial charge is 0.227 e. The first kappa shape index (κ1) is 9.88. The summed E-state index contributed by atoms with van der Waals surface area (Å²) >= 11 is 0. The molecule has 2 fully saturated rings. The lowest BCUT2D eigenvalue weighted by Gasteiger charge is -2.20. The number of anilines is 1. The standard InChI is InChI=1S/C14H17NO/c16-14(15-12-4-2-1-3-5-12)13-9-10-6-7-11(13)8-10/h1-5,10-11,13H,6-9H2,(H,15,16)/t10-,11+,13+/m0/s1. The van der Waals surface area contributed by atoms with Crippen molar-refractivity contribution in [2.45, 2.75) is 25.7 Å². The topological polar surface area (TPSA) is 29.1 Å². The van der Waals surface area contributed by atoms with Crippen molar-refractivity contribution in [1.82, 2.24) is 0 Å². The van der Waals surface area contributed by atoms with E-state index in [1.54, 1.807) is 0 Å². The molecule has 0 unspecified atom stereocenters. The van der Waals surface area contributed by atoms with Crippen molar-refractivity contribution in [2.24, 2.45) is 17.8 Å². The zero-order valence-corrected chi connectivity index (χ0v) is 9.36. The maximum absolute atomic E-state index is 12.1. The number of fused-ring (bicyclic) bond motifs is 2. The molecule has 0 spiro atoms. The number of hydrogen-bond donors (Lipinski definition) is 1. The molecule has 2 nitrogen and oxygen atoms in total.